The Balaban J connectivity index is 5.49. The first-order chi connectivity index (χ1) is 8.31. The molecule has 18 heavy (non-hydrogen) atoms. The van der Waals surface area contributed by atoms with Crippen LogP contribution in [0.5, 0.6) is 0 Å². The van der Waals surface area contributed by atoms with Crippen molar-refractivity contribution < 1.29 is 18.8 Å². The summed E-state index contributed by atoms with van der Waals surface area (Å²) in [6, 6.07) is 0. The van der Waals surface area contributed by atoms with Gasteiger partial charge in [-0.25, -0.2) is 0 Å². The van der Waals surface area contributed by atoms with Crippen molar-refractivity contribution in [3.63, 3.8) is 0 Å². The Hall–Kier alpha value is -1.40. The van der Waals surface area contributed by atoms with Gasteiger partial charge in [-0.05, 0) is 25.5 Å². The summed E-state index contributed by atoms with van der Waals surface area (Å²) in [7, 11) is -4.16. The fraction of sp³-hybridized carbons (Fsp3) is 0.308. The molecule has 1 N–H and O–H groups in total. The number of rotatable bonds is 7. The highest BCUT2D eigenvalue weighted by Crippen LogP contribution is 2.51. The number of hydrogen-bond acceptors (Lipinski definition) is 3. The third-order valence-electron chi connectivity index (χ3n) is 2.10. The molecule has 2 atom stereocenters. The van der Waals surface area contributed by atoms with Gasteiger partial charge in [-0.15, -0.1) is 5.92 Å². The van der Waals surface area contributed by atoms with Crippen molar-refractivity contribution >= 4 is 13.4 Å². The molecule has 0 aliphatic rings. The van der Waals surface area contributed by atoms with E-state index in [1.165, 1.54) is 0 Å². The number of carbonyl (C=O) groups is 1. The van der Waals surface area contributed by atoms with Crippen LogP contribution in [0.4, 0.5) is 0 Å². The Labute approximate surface area is 108 Å². The van der Waals surface area contributed by atoms with Crippen molar-refractivity contribution in [1.29, 1.82) is 0 Å². The summed E-state index contributed by atoms with van der Waals surface area (Å²) in [5.41, 5.74) is -1.09. The van der Waals surface area contributed by atoms with E-state index in [1.54, 1.807) is 13.8 Å². The summed E-state index contributed by atoms with van der Waals surface area (Å²) in [6.45, 7) is 13.7. The lowest BCUT2D eigenvalue weighted by Crippen LogP contribution is -2.23. The van der Waals surface area contributed by atoms with E-state index in [4.69, 9.17) is 4.52 Å². The minimum Gasteiger partial charge on any atom is -0.324 e. The quantitative estimate of drug-likeness (QED) is 0.333. The SMILES string of the molecule is C=CC(=O)C(C(=C)C(=C)C#CC)P(=O)(O)OCC. The van der Waals surface area contributed by atoms with Crippen LogP contribution in [0.15, 0.2) is 37.0 Å². The first kappa shape index (κ1) is 16.6. The molecular formula is C13H17O4P. The molecule has 0 aliphatic heterocycles. The van der Waals surface area contributed by atoms with Crippen LogP contribution in [0.1, 0.15) is 13.8 Å². The number of carbonyl (C=O) groups excluding carboxylic acids is 1. The highest BCUT2D eigenvalue weighted by Gasteiger charge is 2.39. The summed E-state index contributed by atoms with van der Waals surface area (Å²) >= 11 is 0. The van der Waals surface area contributed by atoms with E-state index in [2.05, 4.69) is 31.6 Å². The van der Waals surface area contributed by atoms with Crippen LogP contribution in [-0.2, 0) is 13.9 Å². The Morgan fingerprint density at radius 2 is 2.11 bits per heavy atom. The topological polar surface area (TPSA) is 63.6 Å². The van der Waals surface area contributed by atoms with E-state index < -0.39 is 19.0 Å². The molecule has 0 saturated carbocycles. The Morgan fingerprint density at radius 3 is 2.50 bits per heavy atom. The molecule has 0 bridgehead atoms. The summed E-state index contributed by atoms with van der Waals surface area (Å²) in [5, 5.41) is 0. The molecule has 0 heterocycles. The molecule has 2 unspecified atom stereocenters. The number of ketones is 1. The van der Waals surface area contributed by atoms with Crippen molar-refractivity contribution in [3.05, 3.63) is 37.0 Å². The van der Waals surface area contributed by atoms with E-state index in [1.807, 2.05) is 0 Å². The van der Waals surface area contributed by atoms with Crippen LogP contribution >= 0.6 is 7.60 Å². The standard InChI is InChI=1S/C13H17O4P/c1-6-9-10(4)11(5)13(12(14)7-2)18(15,16)17-8-3/h7,13H,2,4-5,8H2,1,3H3,(H,15,16). The third-order valence-corrected chi connectivity index (χ3v) is 3.95. The molecule has 0 aromatic heterocycles. The van der Waals surface area contributed by atoms with Gasteiger partial charge in [-0.1, -0.05) is 25.7 Å². The molecule has 5 heteroatoms. The van der Waals surface area contributed by atoms with Crippen LogP contribution < -0.4 is 0 Å². The van der Waals surface area contributed by atoms with Gasteiger partial charge in [0.2, 0.25) is 0 Å². The second-order valence-corrected chi connectivity index (χ2v) is 5.27. The lowest BCUT2D eigenvalue weighted by molar-refractivity contribution is -0.113. The van der Waals surface area contributed by atoms with Crippen LogP contribution in [0.3, 0.4) is 0 Å². The Kier molecular flexibility index (Phi) is 6.57. The minimum absolute atomic E-state index is 0.00785. The molecule has 0 fully saturated rings. The first-order valence-electron chi connectivity index (χ1n) is 5.25. The van der Waals surface area contributed by atoms with Gasteiger partial charge in [0.25, 0.3) is 0 Å². The highest BCUT2D eigenvalue weighted by molar-refractivity contribution is 7.55. The molecule has 0 amide bonds. The average molecular weight is 268 g/mol. The van der Waals surface area contributed by atoms with E-state index >= 15 is 0 Å². The van der Waals surface area contributed by atoms with Crippen LogP contribution in [0.2, 0.25) is 0 Å². The van der Waals surface area contributed by atoms with Crippen molar-refractivity contribution in [1.82, 2.24) is 0 Å². The first-order valence-corrected chi connectivity index (χ1v) is 6.90. The Morgan fingerprint density at radius 1 is 1.56 bits per heavy atom. The second-order valence-electron chi connectivity index (χ2n) is 3.37. The molecular weight excluding hydrogens is 251 g/mol. The number of allylic oxidation sites excluding steroid dienone is 3. The zero-order valence-electron chi connectivity index (χ0n) is 10.6. The molecule has 0 aromatic rings. The van der Waals surface area contributed by atoms with E-state index in [0.29, 0.717) is 0 Å². The van der Waals surface area contributed by atoms with Gasteiger partial charge in [-0.3, -0.25) is 9.36 Å². The normalized spacial score (nSPS) is 14.6. The van der Waals surface area contributed by atoms with E-state index in [0.717, 1.165) is 6.08 Å². The average Bonchev–Trinajstić information content (AvgIpc) is 2.28. The second kappa shape index (κ2) is 7.13. The predicted octanol–water partition coefficient (Wildman–Crippen LogP) is 2.47. The van der Waals surface area contributed by atoms with Crippen molar-refractivity contribution in [2.45, 2.75) is 19.5 Å². The van der Waals surface area contributed by atoms with Gasteiger partial charge >= 0.3 is 7.60 Å². The highest BCUT2D eigenvalue weighted by atomic mass is 31.2. The van der Waals surface area contributed by atoms with Crippen LogP contribution in [-0.4, -0.2) is 22.9 Å². The molecule has 4 nitrogen and oxygen atoms in total. The van der Waals surface area contributed by atoms with Crippen LogP contribution in [0, 0.1) is 11.8 Å². The fourth-order valence-electron chi connectivity index (χ4n) is 1.30. The molecule has 0 radical (unpaired) electrons. The predicted molar refractivity (Wildman–Crippen MR) is 72.2 cm³/mol. The zero-order valence-corrected chi connectivity index (χ0v) is 11.5. The smallest absolute Gasteiger partial charge is 0.324 e. The van der Waals surface area contributed by atoms with Gasteiger partial charge in [0.1, 0.15) is 5.66 Å². The van der Waals surface area contributed by atoms with E-state index in [-0.39, 0.29) is 17.8 Å². The summed E-state index contributed by atoms with van der Waals surface area (Å²) in [5.74, 6) is 4.54. The van der Waals surface area contributed by atoms with Crippen molar-refractivity contribution in [3.8, 4) is 11.8 Å². The maximum absolute atomic E-state index is 12.0. The van der Waals surface area contributed by atoms with Crippen molar-refractivity contribution in [2.24, 2.45) is 0 Å². The van der Waals surface area contributed by atoms with Gasteiger partial charge in [-0.2, -0.15) is 0 Å². The van der Waals surface area contributed by atoms with Gasteiger partial charge < -0.3 is 9.42 Å². The summed E-state index contributed by atoms with van der Waals surface area (Å²) in [4.78, 5) is 21.5. The van der Waals surface area contributed by atoms with Crippen molar-refractivity contribution in [2.75, 3.05) is 6.61 Å². The van der Waals surface area contributed by atoms with Gasteiger partial charge in [0.15, 0.2) is 5.78 Å². The monoisotopic (exact) mass is 268 g/mol. The lowest BCUT2D eigenvalue weighted by atomic mass is 10.0. The lowest BCUT2D eigenvalue weighted by Gasteiger charge is -2.21. The molecule has 0 aliphatic carbocycles. The molecule has 0 aromatic carbocycles. The molecule has 0 spiro atoms. The maximum Gasteiger partial charge on any atom is 0.343 e. The maximum atomic E-state index is 12.0. The van der Waals surface area contributed by atoms with Gasteiger partial charge in [0.05, 0.1) is 6.61 Å². The summed E-state index contributed by atoms with van der Waals surface area (Å²) < 4.78 is 16.7. The third kappa shape index (κ3) is 4.12. The largest absolute Gasteiger partial charge is 0.343 e. The fourth-order valence-corrected chi connectivity index (χ4v) is 2.79. The number of hydrogen-bond donors (Lipinski definition) is 1. The Bertz CT molecular complexity index is 479. The molecule has 98 valence electrons. The van der Waals surface area contributed by atoms with Gasteiger partial charge in [0, 0.05) is 5.57 Å². The molecule has 0 rings (SSSR count). The summed E-state index contributed by atoms with van der Waals surface area (Å²) in [6.07, 6.45) is 0.963. The van der Waals surface area contributed by atoms with Crippen LogP contribution in [0.25, 0.3) is 0 Å². The minimum atomic E-state index is -4.16. The zero-order chi connectivity index (χ0) is 14.3. The molecule has 0 saturated heterocycles. The van der Waals surface area contributed by atoms with E-state index in [9.17, 15) is 14.3 Å².